The van der Waals surface area contributed by atoms with Crippen LogP contribution in [0.5, 0.6) is 0 Å². The van der Waals surface area contributed by atoms with Crippen LogP contribution in [0.1, 0.15) is 36.4 Å². The number of methoxy groups -OCH3 is 1. The Morgan fingerprint density at radius 1 is 1.33 bits per heavy atom. The van der Waals surface area contributed by atoms with Gasteiger partial charge in [0.2, 0.25) is 5.76 Å². The second-order valence-corrected chi connectivity index (χ2v) is 4.91. The lowest BCUT2D eigenvalue weighted by Gasteiger charge is -2.04. The molecule has 3 heteroatoms. The summed E-state index contributed by atoms with van der Waals surface area (Å²) in [7, 11) is 1.35. The number of fused-ring (bicyclic) bond motifs is 1. The second kappa shape index (κ2) is 5.25. The van der Waals surface area contributed by atoms with Crippen LogP contribution in [0.4, 0.5) is 0 Å². The van der Waals surface area contributed by atoms with Gasteiger partial charge in [-0.05, 0) is 36.5 Å². The molecule has 0 aliphatic carbocycles. The fraction of sp³-hybridized carbons (Fsp3) is 0.400. The molecule has 0 unspecified atom stereocenters. The van der Waals surface area contributed by atoms with Crippen molar-refractivity contribution in [3.63, 3.8) is 0 Å². The predicted octanol–water partition coefficient (Wildman–Crippen LogP) is 3.81. The Kier molecular flexibility index (Phi) is 3.70. The normalized spacial score (nSPS) is 11.1. The number of esters is 1. The SMILES string of the molecule is COC(=O)c1cc2ccc(CCC(C)C)cc2o1. The average Bonchev–Trinajstić information content (AvgIpc) is 2.78. The summed E-state index contributed by atoms with van der Waals surface area (Å²) in [4.78, 5) is 11.4. The van der Waals surface area contributed by atoms with Crippen LogP contribution < -0.4 is 0 Å². The van der Waals surface area contributed by atoms with Crippen LogP contribution in [-0.4, -0.2) is 13.1 Å². The quantitative estimate of drug-likeness (QED) is 0.770. The van der Waals surface area contributed by atoms with Crippen LogP contribution in [0.3, 0.4) is 0 Å². The molecule has 3 nitrogen and oxygen atoms in total. The maximum absolute atomic E-state index is 11.4. The van der Waals surface area contributed by atoms with Crippen molar-refractivity contribution >= 4 is 16.9 Å². The van der Waals surface area contributed by atoms with E-state index in [2.05, 4.69) is 24.7 Å². The van der Waals surface area contributed by atoms with Crippen molar-refractivity contribution < 1.29 is 13.9 Å². The Morgan fingerprint density at radius 2 is 2.11 bits per heavy atom. The first-order valence-electron chi connectivity index (χ1n) is 6.21. The largest absolute Gasteiger partial charge is 0.463 e. The number of furan rings is 1. The van der Waals surface area contributed by atoms with Crippen molar-refractivity contribution in [1.82, 2.24) is 0 Å². The van der Waals surface area contributed by atoms with Crippen LogP contribution in [0, 0.1) is 5.92 Å². The summed E-state index contributed by atoms with van der Waals surface area (Å²) in [5, 5.41) is 0.934. The van der Waals surface area contributed by atoms with E-state index >= 15 is 0 Å². The molecule has 96 valence electrons. The number of benzene rings is 1. The van der Waals surface area contributed by atoms with Gasteiger partial charge < -0.3 is 9.15 Å². The molecule has 0 fully saturated rings. The van der Waals surface area contributed by atoms with E-state index in [9.17, 15) is 4.79 Å². The number of carbonyl (C=O) groups excluding carboxylic acids is 1. The Balaban J connectivity index is 2.25. The molecule has 0 aliphatic rings. The summed E-state index contributed by atoms with van der Waals surface area (Å²) >= 11 is 0. The molecule has 18 heavy (non-hydrogen) atoms. The third kappa shape index (κ3) is 2.73. The van der Waals surface area contributed by atoms with Gasteiger partial charge in [-0.25, -0.2) is 4.79 Å². The molecule has 2 rings (SSSR count). The highest BCUT2D eigenvalue weighted by molar-refractivity contribution is 5.92. The van der Waals surface area contributed by atoms with E-state index in [4.69, 9.17) is 4.42 Å². The van der Waals surface area contributed by atoms with Gasteiger partial charge in [0.1, 0.15) is 5.58 Å². The van der Waals surface area contributed by atoms with Crippen LogP contribution >= 0.6 is 0 Å². The molecule has 0 bridgehead atoms. The lowest BCUT2D eigenvalue weighted by Crippen LogP contribution is -1.97. The molecule has 0 saturated heterocycles. The molecule has 0 saturated carbocycles. The molecule has 0 N–H and O–H groups in total. The van der Waals surface area contributed by atoms with Gasteiger partial charge >= 0.3 is 5.97 Å². The third-order valence-corrected chi connectivity index (χ3v) is 2.98. The molecule has 0 amide bonds. The molecule has 0 radical (unpaired) electrons. The number of aryl methyl sites for hydroxylation is 1. The topological polar surface area (TPSA) is 39.4 Å². The van der Waals surface area contributed by atoms with E-state index in [1.54, 1.807) is 6.07 Å². The smallest absolute Gasteiger partial charge is 0.373 e. The van der Waals surface area contributed by atoms with E-state index < -0.39 is 5.97 Å². The number of hydrogen-bond donors (Lipinski definition) is 0. The van der Waals surface area contributed by atoms with Crippen molar-refractivity contribution in [2.75, 3.05) is 7.11 Å². The fourth-order valence-corrected chi connectivity index (χ4v) is 1.89. The highest BCUT2D eigenvalue weighted by Gasteiger charge is 2.12. The molecule has 1 aromatic heterocycles. The van der Waals surface area contributed by atoms with Crippen molar-refractivity contribution in [3.8, 4) is 0 Å². The van der Waals surface area contributed by atoms with Gasteiger partial charge in [0, 0.05) is 5.39 Å². The molecule has 0 atom stereocenters. The number of carbonyl (C=O) groups is 1. The Hall–Kier alpha value is -1.77. The summed E-state index contributed by atoms with van der Waals surface area (Å²) in [6.45, 7) is 4.42. The highest BCUT2D eigenvalue weighted by Crippen LogP contribution is 2.22. The first-order valence-corrected chi connectivity index (χ1v) is 6.21. The second-order valence-electron chi connectivity index (χ2n) is 4.91. The van der Waals surface area contributed by atoms with Gasteiger partial charge in [-0.1, -0.05) is 26.0 Å². The molecular formula is C15H18O3. The zero-order valence-electron chi connectivity index (χ0n) is 11.0. The van der Waals surface area contributed by atoms with Gasteiger partial charge in [-0.2, -0.15) is 0 Å². The van der Waals surface area contributed by atoms with E-state index in [1.165, 1.54) is 12.7 Å². The number of rotatable bonds is 4. The average molecular weight is 246 g/mol. The molecule has 1 heterocycles. The van der Waals surface area contributed by atoms with Gasteiger partial charge in [0.05, 0.1) is 7.11 Å². The van der Waals surface area contributed by atoms with Crippen molar-refractivity contribution in [2.45, 2.75) is 26.7 Å². The maximum Gasteiger partial charge on any atom is 0.373 e. The molecule has 1 aromatic carbocycles. The predicted molar refractivity (Wildman–Crippen MR) is 70.7 cm³/mol. The van der Waals surface area contributed by atoms with E-state index in [0.717, 1.165) is 23.8 Å². The van der Waals surface area contributed by atoms with Crippen LogP contribution in [0.25, 0.3) is 11.0 Å². The Bertz CT molecular complexity index is 552. The van der Waals surface area contributed by atoms with Crippen molar-refractivity contribution in [3.05, 3.63) is 35.6 Å². The summed E-state index contributed by atoms with van der Waals surface area (Å²) in [5.41, 5.74) is 1.98. The Labute approximate surface area is 107 Å². The van der Waals surface area contributed by atoms with Crippen molar-refractivity contribution in [2.24, 2.45) is 5.92 Å². The zero-order valence-corrected chi connectivity index (χ0v) is 11.0. The minimum absolute atomic E-state index is 0.258. The first kappa shape index (κ1) is 12.7. The van der Waals surface area contributed by atoms with Gasteiger partial charge in [-0.15, -0.1) is 0 Å². The summed E-state index contributed by atoms with van der Waals surface area (Å²) in [6.07, 6.45) is 2.18. The Morgan fingerprint density at radius 3 is 2.78 bits per heavy atom. The summed E-state index contributed by atoms with van der Waals surface area (Å²) in [6, 6.07) is 7.79. The zero-order chi connectivity index (χ0) is 13.1. The summed E-state index contributed by atoms with van der Waals surface area (Å²) in [5.74, 6) is 0.506. The monoisotopic (exact) mass is 246 g/mol. The molecule has 0 aliphatic heterocycles. The van der Waals surface area contributed by atoms with E-state index in [-0.39, 0.29) is 5.76 Å². The standard InChI is InChI=1S/C15H18O3/c1-10(2)4-5-11-6-7-12-9-14(15(16)17-3)18-13(12)8-11/h6-10H,4-5H2,1-3H3. The lowest BCUT2D eigenvalue weighted by atomic mass is 10.0. The molecule has 2 aromatic rings. The van der Waals surface area contributed by atoms with Crippen LogP contribution in [0.15, 0.2) is 28.7 Å². The highest BCUT2D eigenvalue weighted by atomic mass is 16.5. The summed E-state index contributed by atoms with van der Waals surface area (Å²) < 4.78 is 10.1. The van der Waals surface area contributed by atoms with Crippen LogP contribution in [-0.2, 0) is 11.2 Å². The van der Waals surface area contributed by atoms with Gasteiger partial charge in [-0.3, -0.25) is 0 Å². The van der Waals surface area contributed by atoms with Crippen molar-refractivity contribution in [1.29, 1.82) is 0 Å². The molecule has 0 spiro atoms. The number of hydrogen-bond acceptors (Lipinski definition) is 3. The first-order chi connectivity index (χ1) is 8.60. The van der Waals surface area contributed by atoms with E-state index in [0.29, 0.717) is 5.92 Å². The number of ether oxygens (including phenoxy) is 1. The minimum Gasteiger partial charge on any atom is -0.463 e. The molecular weight excluding hydrogens is 228 g/mol. The van der Waals surface area contributed by atoms with E-state index in [1.807, 2.05) is 12.1 Å². The fourth-order valence-electron chi connectivity index (χ4n) is 1.89. The van der Waals surface area contributed by atoms with Gasteiger partial charge in [0.15, 0.2) is 0 Å². The lowest BCUT2D eigenvalue weighted by molar-refractivity contribution is 0.0567. The maximum atomic E-state index is 11.4. The minimum atomic E-state index is -0.435. The third-order valence-electron chi connectivity index (χ3n) is 2.98. The van der Waals surface area contributed by atoms with Gasteiger partial charge in [0.25, 0.3) is 0 Å². The van der Waals surface area contributed by atoms with Crippen LogP contribution in [0.2, 0.25) is 0 Å².